The summed E-state index contributed by atoms with van der Waals surface area (Å²) in [4.78, 5) is 11.5. The Morgan fingerprint density at radius 3 is 2.23 bits per heavy atom. The number of fused-ring (bicyclic) bond motifs is 1. The van der Waals surface area contributed by atoms with Gasteiger partial charge in [0.25, 0.3) is 0 Å². The monoisotopic (exact) mass is 292 g/mol. The van der Waals surface area contributed by atoms with Crippen molar-refractivity contribution in [3.05, 3.63) is 60.2 Å². The van der Waals surface area contributed by atoms with E-state index in [4.69, 9.17) is 9.47 Å². The van der Waals surface area contributed by atoms with Crippen LogP contribution in [0.4, 0.5) is 0 Å². The van der Waals surface area contributed by atoms with E-state index < -0.39 is 0 Å². The predicted octanol–water partition coefficient (Wildman–Crippen LogP) is 4.34. The van der Waals surface area contributed by atoms with Crippen molar-refractivity contribution >= 4 is 17.1 Å². The van der Waals surface area contributed by atoms with Crippen molar-refractivity contribution in [2.75, 3.05) is 14.2 Å². The van der Waals surface area contributed by atoms with E-state index in [-0.39, 0.29) is 0 Å². The first-order chi connectivity index (χ1) is 10.8. The van der Waals surface area contributed by atoms with Crippen LogP contribution in [0.2, 0.25) is 0 Å². The van der Waals surface area contributed by atoms with Gasteiger partial charge in [-0.3, -0.25) is 4.79 Å². The van der Waals surface area contributed by atoms with E-state index in [1.165, 1.54) is 0 Å². The number of carbonyl (C=O) groups excluding carboxylic acids is 1. The highest BCUT2D eigenvalue weighted by Crippen LogP contribution is 2.37. The zero-order valence-electron chi connectivity index (χ0n) is 12.5. The first-order valence-electron chi connectivity index (χ1n) is 6.98. The molecule has 0 saturated carbocycles. The summed E-state index contributed by atoms with van der Waals surface area (Å²) in [6, 6.07) is 17.7. The molecule has 3 aromatic rings. The van der Waals surface area contributed by atoms with E-state index >= 15 is 0 Å². The highest BCUT2D eigenvalue weighted by molar-refractivity contribution is 6.01. The smallest absolute Gasteiger partial charge is 0.161 e. The number of aldehydes is 1. The van der Waals surface area contributed by atoms with Crippen LogP contribution in [0.15, 0.2) is 54.6 Å². The van der Waals surface area contributed by atoms with Gasteiger partial charge in [-0.05, 0) is 34.0 Å². The summed E-state index contributed by atoms with van der Waals surface area (Å²) >= 11 is 0. The van der Waals surface area contributed by atoms with E-state index in [1.54, 1.807) is 20.3 Å². The Morgan fingerprint density at radius 1 is 0.818 bits per heavy atom. The van der Waals surface area contributed by atoms with E-state index in [2.05, 4.69) is 18.2 Å². The van der Waals surface area contributed by atoms with Crippen LogP contribution in [0.5, 0.6) is 11.5 Å². The Hall–Kier alpha value is -2.81. The second-order valence-corrected chi connectivity index (χ2v) is 4.94. The number of methoxy groups -OCH3 is 2. The number of rotatable bonds is 4. The molecule has 3 rings (SSSR count). The molecule has 3 aromatic carbocycles. The third-order valence-electron chi connectivity index (χ3n) is 3.76. The number of benzene rings is 3. The summed E-state index contributed by atoms with van der Waals surface area (Å²) in [6.45, 7) is 0. The molecule has 0 amide bonds. The average molecular weight is 292 g/mol. The second kappa shape index (κ2) is 5.90. The van der Waals surface area contributed by atoms with Crippen LogP contribution in [0, 0.1) is 0 Å². The molecular formula is C19H16O3. The molecule has 0 fully saturated rings. The number of ether oxygens (including phenoxy) is 2. The molecule has 0 atom stereocenters. The van der Waals surface area contributed by atoms with Gasteiger partial charge < -0.3 is 9.47 Å². The van der Waals surface area contributed by atoms with Gasteiger partial charge in [0.2, 0.25) is 0 Å². The van der Waals surface area contributed by atoms with Crippen LogP contribution >= 0.6 is 0 Å². The van der Waals surface area contributed by atoms with Crippen LogP contribution in [0.3, 0.4) is 0 Å². The standard InChI is InChI=1S/C19H16O3/c1-21-18-10-14(12-20)17(11-19(18)22-2)16-9-5-7-13-6-3-4-8-15(13)16/h3-12H,1-2H3. The summed E-state index contributed by atoms with van der Waals surface area (Å²) in [5, 5.41) is 2.23. The Kier molecular flexibility index (Phi) is 3.79. The molecular weight excluding hydrogens is 276 g/mol. The van der Waals surface area contributed by atoms with Crippen LogP contribution in [0.25, 0.3) is 21.9 Å². The van der Waals surface area contributed by atoms with Crippen LogP contribution < -0.4 is 9.47 Å². The van der Waals surface area contributed by atoms with Gasteiger partial charge in [0.1, 0.15) is 0 Å². The average Bonchev–Trinajstić information content (AvgIpc) is 2.60. The maximum atomic E-state index is 11.5. The van der Waals surface area contributed by atoms with Crippen molar-refractivity contribution in [2.45, 2.75) is 0 Å². The molecule has 0 bridgehead atoms. The van der Waals surface area contributed by atoms with E-state index in [9.17, 15) is 4.79 Å². The van der Waals surface area contributed by atoms with Gasteiger partial charge >= 0.3 is 0 Å². The van der Waals surface area contributed by atoms with Gasteiger partial charge in [0.05, 0.1) is 14.2 Å². The Balaban J connectivity index is 2.32. The van der Waals surface area contributed by atoms with Crippen LogP contribution in [0.1, 0.15) is 10.4 Å². The quantitative estimate of drug-likeness (QED) is 0.671. The van der Waals surface area contributed by atoms with Gasteiger partial charge in [-0.15, -0.1) is 0 Å². The maximum absolute atomic E-state index is 11.5. The third kappa shape index (κ3) is 2.31. The lowest BCUT2D eigenvalue weighted by Gasteiger charge is -2.14. The normalized spacial score (nSPS) is 10.5. The van der Waals surface area contributed by atoms with Crippen LogP contribution in [-0.4, -0.2) is 20.5 Å². The molecule has 0 heterocycles. The van der Waals surface area contributed by atoms with Crippen molar-refractivity contribution in [1.82, 2.24) is 0 Å². The van der Waals surface area contributed by atoms with Crippen molar-refractivity contribution in [3.63, 3.8) is 0 Å². The minimum Gasteiger partial charge on any atom is -0.493 e. The lowest BCUT2D eigenvalue weighted by molar-refractivity contribution is 0.112. The molecule has 0 aliphatic carbocycles. The van der Waals surface area contributed by atoms with Crippen molar-refractivity contribution in [2.24, 2.45) is 0 Å². The molecule has 0 saturated heterocycles. The maximum Gasteiger partial charge on any atom is 0.161 e. The van der Waals surface area contributed by atoms with Gasteiger partial charge in [0, 0.05) is 5.56 Å². The molecule has 0 radical (unpaired) electrons. The number of carbonyl (C=O) groups is 1. The first kappa shape index (κ1) is 14.1. The zero-order chi connectivity index (χ0) is 15.5. The molecule has 110 valence electrons. The highest BCUT2D eigenvalue weighted by Gasteiger charge is 2.14. The summed E-state index contributed by atoms with van der Waals surface area (Å²) in [6.07, 6.45) is 0.846. The zero-order valence-corrected chi connectivity index (χ0v) is 12.5. The van der Waals surface area contributed by atoms with Gasteiger partial charge in [0.15, 0.2) is 17.8 Å². The largest absolute Gasteiger partial charge is 0.493 e. The number of hydrogen-bond acceptors (Lipinski definition) is 3. The molecule has 0 aliphatic rings. The van der Waals surface area contributed by atoms with Gasteiger partial charge in [-0.1, -0.05) is 42.5 Å². The second-order valence-electron chi connectivity index (χ2n) is 4.94. The molecule has 0 aromatic heterocycles. The van der Waals surface area contributed by atoms with E-state index in [1.807, 2.05) is 30.3 Å². The Morgan fingerprint density at radius 2 is 1.50 bits per heavy atom. The lowest BCUT2D eigenvalue weighted by atomic mass is 9.94. The lowest BCUT2D eigenvalue weighted by Crippen LogP contribution is -1.95. The summed E-state index contributed by atoms with van der Waals surface area (Å²) in [7, 11) is 3.15. The third-order valence-corrected chi connectivity index (χ3v) is 3.76. The molecule has 0 N–H and O–H groups in total. The van der Waals surface area contributed by atoms with E-state index in [0.717, 1.165) is 28.2 Å². The first-order valence-corrected chi connectivity index (χ1v) is 6.98. The Labute approximate surface area is 129 Å². The summed E-state index contributed by atoms with van der Waals surface area (Å²) < 4.78 is 10.6. The SMILES string of the molecule is COc1cc(C=O)c(-c2cccc3ccccc23)cc1OC. The fourth-order valence-corrected chi connectivity index (χ4v) is 2.69. The van der Waals surface area contributed by atoms with Gasteiger partial charge in [-0.2, -0.15) is 0 Å². The minimum atomic E-state index is 0.550. The summed E-state index contributed by atoms with van der Waals surface area (Å²) in [5.74, 6) is 1.16. The topological polar surface area (TPSA) is 35.5 Å². The van der Waals surface area contributed by atoms with Crippen molar-refractivity contribution in [1.29, 1.82) is 0 Å². The molecule has 0 aliphatic heterocycles. The van der Waals surface area contributed by atoms with Crippen molar-refractivity contribution in [3.8, 4) is 22.6 Å². The molecule has 0 spiro atoms. The molecule has 3 heteroatoms. The summed E-state index contributed by atoms with van der Waals surface area (Å²) in [5.41, 5.74) is 2.42. The fourth-order valence-electron chi connectivity index (χ4n) is 2.69. The highest BCUT2D eigenvalue weighted by atomic mass is 16.5. The van der Waals surface area contributed by atoms with E-state index in [0.29, 0.717) is 17.1 Å². The predicted molar refractivity (Wildman–Crippen MR) is 87.9 cm³/mol. The molecule has 0 unspecified atom stereocenters. The molecule has 22 heavy (non-hydrogen) atoms. The fraction of sp³-hybridized carbons (Fsp3) is 0.105. The van der Waals surface area contributed by atoms with Crippen molar-refractivity contribution < 1.29 is 14.3 Å². The minimum absolute atomic E-state index is 0.550. The van der Waals surface area contributed by atoms with Crippen LogP contribution in [-0.2, 0) is 0 Å². The number of hydrogen-bond donors (Lipinski definition) is 0. The van der Waals surface area contributed by atoms with Gasteiger partial charge in [-0.25, -0.2) is 0 Å². The Bertz CT molecular complexity index is 832. The molecule has 3 nitrogen and oxygen atoms in total.